The second-order valence-corrected chi connectivity index (χ2v) is 6.98. The van der Waals surface area contributed by atoms with Crippen molar-refractivity contribution >= 4 is 11.8 Å². The normalized spacial score (nSPS) is 12.5. The lowest BCUT2D eigenvalue weighted by atomic mass is 9.99. The van der Waals surface area contributed by atoms with E-state index >= 15 is 0 Å². The van der Waals surface area contributed by atoms with Gasteiger partial charge in [0, 0.05) is 13.1 Å². The molecule has 0 saturated carbocycles. The van der Waals surface area contributed by atoms with Crippen LogP contribution in [0.3, 0.4) is 0 Å². The van der Waals surface area contributed by atoms with Gasteiger partial charge in [0.25, 0.3) is 0 Å². The quantitative estimate of drug-likeness (QED) is 0.501. The number of alkyl carbamates (subject to hydrolysis) is 1. The standard InChI is InChI=1S/C18H31N3O3/c1-13(11-14-7-6-8-15(19)16(14)23-5)12-20-9-10-21-17(22)24-18(2,3)4/h6-8,13,20H,9-12,19H2,1-5H3,(H,21,22)/t13-/m0/s1. The molecule has 1 aromatic rings. The first-order valence-electron chi connectivity index (χ1n) is 8.32. The Labute approximate surface area is 145 Å². The highest BCUT2D eigenvalue weighted by Crippen LogP contribution is 2.27. The summed E-state index contributed by atoms with van der Waals surface area (Å²) in [5.41, 5.74) is 7.23. The number of rotatable bonds is 8. The molecule has 24 heavy (non-hydrogen) atoms. The molecule has 0 radical (unpaired) electrons. The molecule has 4 N–H and O–H groups in total. The van der Waals surface area contributed by atoms with Gasteiger partial charge in [-0.1, -0.05) is 19.1 Å². The number of hydrogen-bond acceptors (Lipinski definition) is 5. The Morgan fingerprint density at radius 2 is 2.00 bits per heavy atom. The third kappa shape index (κ3) is 7.55. The van der Waals surface area contributed by atoms with E-state index in [0.29, 0.717) is 24.7 Å². The van der Waals surface area contributed by atoms with Crippen molar-refractivity contribution in [3.63, 3.8) is 0 Å². The summed E-state index contributed by atoms with van der Waals surface area (Å²) in [7, 11) is 1.64. The van der Waals surface area contributed by atoms with Crippen molar-refractivity contribution in [2.45, 2.75) is 39.7 Å². The number of methoxy groups -OCH3 is 1. The maximum atomic E-state index is 11.5. The average molecular weight is 337 g/mol. The van der Waals surface area contributed by atoms with Crippen molar-refractivity contribution in [3.05, 3.63) is 23.8 Å². The largest absolute Gasteiger partial charge is 0.494 e. The molecule has 1 atom stereocenters. The molecular formula is C18H31N3O3. The van der Waals surface area contributed by atoms with Gasteiger partial charge in [0.2, 0.25) is 0 Å². The SMILES string of the molecule is COc1c(N)cccc1C[C@H](C)CNCCNC(=O)OC(C)(C)C. The molecule has 0 aromatic heterocycles. The van der Waals surface area contributed by atoms with Crippen LogP contribution in [-0.4, -0.2) is 38.4 Å². The average Bonchev–Trinajstić information content (AvgIpc) is 2.45. The van der Waals surface area contributed by atoms with Crippen LogP contribution in [-0.2, 0) is 11.2 Å². The Kier molecular flexibility index (Phi) is 7.85. The van der Waals surface area contributed by atoms with Crippen LogP contribution in [0.15, 0.2) is 18.2 Å². The van der Waals surface area contributed by atoms with Crippen LogP contribution in [0, 0.1) is 5.92 Å². The van der Waals surface area contributed by atoms with Gasteiger partial charge in [0.1, 0.15) is 11.4 Å². The third-order valence-electron chi connectivity index (χ3n) is 3.36. The molecular weight excluding hydrogens is 306 g/mol. The van der Waals surface area contributed by atoms with Crippen molar-refractivity contribution in [3.8, 4) is 5.75 Å². The van der Waals surface area contributed by atoms with Crippen LogP contribution in [0.25, 0.3) is 0 Å². The molecule has 0 aliphatic carbocycles. The fourth-order valence-electron chi connectivity index (χ4n) is 2.38. The van der Waals surface area contributed by atoms with Crippen LogP contribution >= 0.6 is 0 Å². The monoisotopic (exact) mass is 337 g/mol. The van der Waals surface area contributed by atoms with Crippen LogP contribution in [0.5, 0.6) is 5.75 Å². The maximum absolute atomic E-state index is 11.5. The van der Waals surface area contributed by atoms with E-state index in [0.717, 1.165) is 24.3 Å². The molecule has 0 spiro atoms. The smallest absolute Gasteiger partial charge is 0.407 e. The number of ether oxygens (including phenoxy) is 2. The van der Waals surface area contributed by atoms with Crippen molar-refractivity contribution < 1.29 is 14.3 Å². The Morgan fingerprint density at radius 1 is 1.29 bits per heavy atom. The molecule has 0 saturated heterocycles. The number of anilines is 1. The summed E-state index contributed by atoms with van der Waals surface area (Å²) in [6.45, 7) is 9.76. The zero-order chi connectivity index (χ0) is 18.2. The Bertz CT molecular complexity index is 527. The topological polar surface area (TPSA) is 85.6 Å². The summed E-state index contributed by atoms with van der Waals surface area (Å²) in [5.74, 6) is 1.18. The number of carbonyl (C=O) groups excluding carboxylic acids is 1. The molecule has 6 heteroatoms. The van der Waals surface area contributed by atoms with Gasteiger partial charge in [0.05, 0.1) is 12.8 Å². The third-order valence-corrected chi connectivity index (χ3v) is 3.36. The fourth-order valence-corrected chi connectivity index (χ4v) is 2.38. The zero-order valence-electron chi connectivity index (χ0n) is 15.4. The number of carbonyl (C=O) groups is 1. The fraction of sp³-hybridized carbons (Fsp3) is 0.611. The van der Waals surface area contributed by atoms with Gasteiger partial charge < -0.3 is 25.8 Å². The summed E-state index contributed by atoms with van der Waals surface area (Å²) in [4.78, 5) is 11.5. The lowest BCUT2D eigenvalue weighted by Crippen LogP contribution is -2.37. The van der Waals surface area contributed by atoms with Gasteiger partial charge in [-0.25, -0.2) is 4.79 Å². The van der Waals surface area contributed by atoms with Gasteiger partial charge in [-0.3, -0.25) is 0 Å². The number of nitrogen functional groups attached to an aromatic ring is 1. The summed E-state index contributed by atoms with van der Waals surface area (Å²) >= 11 is 0. The first-order chi connectivity index (χ1) is 11.2. The van der Waals surface area contributed by atoms with Crippen LogP contribution in [0.4, 0.5) is 10.5 Å². The molecule has 0 heterocycles. The minimum Gasteiger partial charge on any atom is -0.494 e. The zero-order valence-corrected chi connectivity index (χ0v) is 15.4. The van der Waals surface area contributed by atoms with Gasteiger partial charge >= 0.3 is 6.09 Å². The van der Waals surface area contributed by atoms with E-state index in [1.54, 1.807) is 7.11 Å². The van der Waals surface area contributed by atoms with Crippen LogP contribution < -0.4 is 21.1 Å². The van der Waals surface area contributed by atoms with E-state index in [4.69, 9.17) is 15.2 Å². The second-order valence-electron chi connectivity index (χ2n) is 6.98. The van der Waals surface area contributed by atoms with E-state index in [9.17, 15) is 4.79 Å². The summed E-state index contributed by atoms with van der Waals surface area (Å²) in [6.07, 6.45) is 0.489. The lowest BCUT2D eigenvalue weighted by Gasteiger charge is -2.20. The van der Waals surface area contributed by atoms with Gasteiger partial charge in [-0.05, 0) is 51.3 Å². The number of para-hydroxylation sites is 1. The molecule has 136 valence electrons. The van der Waals surface area contributed by atoms with Crippen molar-refractivity contribution in [1.29, 1.82) is 0 Å². The highest BCUT2D eigenvalue weighted by Gasteiger charge is 2.15. The maximum Gasteiger partial charge on any atom is 0.407 e. The molecule has 1 rings (SSSR count). The molecule has 0 aliphatic heterocycles. The van der Waals surface area contributed by atoms with E-state index in [1.165, 1.54) is 0 Å². The summed E-state index contributed by atoms with van der Waals surface area (Å²) in [6, 6.07) is 5.82. The summed E-state index contributed by atoms with van der Waals surface area (Å²) < 4.78 is 10.6. The van der Waals surface area contributed by atoms with Crippen LogP contribution in [0.2, 0.25) is 0 Å². The van der Waals surface area contributed by atoms with Crippen LogP contribution in [0.1, 0.15) is 33.3 Å². The Hall–Kier alpha value is -1.95. The van der Waals surface area contributed by atoms with E-state index in [1.807, 2.05) is 39.0 Å². The van der Waals surface area contributed by atoms with Crippen molar-refractivity contribution in [1.82, 2.24) is 10.6 Å². The Balaban J connectivity index is 2.27. The number of hydrogen-bond donors (Lipinski definition) is 3. The van der Waals surface area contributed by atoms with E-state index in [-0.39, 0.29) is 6.09 Å². The number of benzene rings is 1. The highest BCUT2D eigenvalue weighted by molar-refractivity contribution is 5.67. The molecule has 1 aromatic carbocycles. The van der Waals surface area contributed by atoms with E-state index < -0.39 is 5.60 Å². The van der Waals surface area contributed by atoms with Gasteiger partial charge in [-0.2, -0.15) is 0 Å². The minimum absolute atomic E-state index is 0.387. The van der Waals surface area contributed by atoms with Gasteiger partial charge in [0.15, 0.2) is 0 Å². The molecule has 1 amide bonds. The minimum atomic E-state index is -0.470. The molecule has 0 bridgehead atoms. The molecule has 6 nitrogen and oxygen atoms in total. The van der Waals surface area contributed by atoms with Crippen molar-refractivity contribution in [2.75, 3.05) is 32.5 Å². The first-order valence-corrected chi connectivity index (χ1v) is 8.32. The van der Waals surface area contributed by atoms with E-state index in [2.05, 4.69) is 17.6 Å². The number of nitrogens with one attached hydrogen (secondary N) is 2. The number of nitrogens with two attached hydrogens (primary N) is 1. The lowest BCUT2D eigenvalue weighted by molar-refractivity contribution is 0.0528. The molecule has 0 aliphatic rings. The predicted molar refractivity (Wildman–Crippen MR) is 97.4 cm³/mol. The van der Waals surface area contributed by atoms with Gasteiger partial charge in [-0.15, -0.1) is 0 Å². The predicted octanol–water partition coefficient (Wildman–Crippen LogP) is 2.57. The summed E-state index contributed by atoms with van der Waals surface area (Å²) in [5, 5.41) is 6.06. The number of amides is 1. The Morgan fingerprint density at radius 3 is 2.62 bits per heavy atom. The second kappa shape index (κ2) is 9.37. The molecule has 0 unspecified atom stereocenters. The highest BCUT2D eigenvalue weighted by atomic mass is 16.6. The molecule has 0 fully saturated rings. The first kappa shape index (κ1) is 20.1. The van der Waals surface area contributed by atoms with Crippen molar-refractivity contribution in [2.24, 2.45) is 5.92 Å².